The Bertz CT molecular complexity index is 394. The SMILES string of the molecule is CCN(C)C(=O)CNc1cccnc1OC(C)C. The minimum absolute atomic E-state index is 0.0388. The van der Waals surface area contributed by atoms with Gasteiger partial charge in [0.2, 0.25) is 11.8 Å². The zero-order chi connectivity index (χ0) is 13.5. The number of carbonyl (C=O) groups is 1. The molecule has 1 aromatic rings. The van der Waals surface area contributed by atoms with Gasteiger partial charge in [-0.05, 0) is 32.9 Å². The lowest BCUT2D eigenvalue weighted by molar-refractivity contribution is -0.127. The molecule has 18 heavy (non-hydrogen) atoms. The number of nitrogens with zero attached hydrogens (tertiary/aromatic N) is 2. The number of ether oxygens (including phenoxy) is 1. The fourth-order valence-electron chi connectivity index (χ4n) is 1.32. The van der Waals surface area contributed by atoms with Gasteiger partial charge >= 0.3 is 0 Å². The molecule has 0 radical (unpaired) electrons. The van der Waals surface area contributed by atoms with Crippen molar-refractivity contribution in [3.63, 3.8) is 0 Å². The van der Waals surface area contributed by atoms with Gasteiger partial charge in [0.1, 0.15) is 0 Å². The third-order valence-corrected chi connectivity index (χ3v) is 2.45. The molecule has 0 spiro atoms. The summed E-state index contributed by atoms with van der Waals surface area (Å²) >= 11 is 0. The van der Waals surface area contributed by atoms with E-state index in [9.17, 15) is 4.79 Å². The number of anilines is 1. The second-order valence-corrected chi connectivity index (χ2v) is 4.28. The molecule has 0 saturated heterocycles. The molecule has 1 amide bonds. The summed E-state index contributed by atoms with van der Waals surface area (Å²) in [5.41, 5.74) is 0.740. The number of hydrogen-bond donors (Lipinski definition) is 1. The Morgan fingerprint density at radius 2 is 2.28 bits per heavy atom. The molecular formula is C13H21N3O2. The minimum Gasteiger partial charge on any atom is -0.473 e. The van der Waals surface area contributed by atoms with Gasteiger partial charge in [-0.25, -0.2) is 4.98 Å². The van der Waals surface area contributed by atoms with E-state index < -0.39 is 0 Å². The molecule has 0 aliphatic rings. The number of amides is 1. The number of nitrogens with one attached hydrogen (secondary N) is 1. The van der Waals surface area contributed by atoms with Crippen molar-refractivity contribution >= 4 is 11.6 Å². The quantitative estimate of drug-likeness (QED) is 0.837. The number of pyridine rings is 1. The summed E-state index contributed by atoms with van der Waals surface area (Å²) in [6.45, 7) is 6.76. The van der Waals surface area contributed by atoms with Crippen LogP contribution < -0.4 is 10.1 Å². The summed E-state index contributed by atoms with van der Waals surface area (Å²) in [4.78, 5) is 17.5. The Kier molecular flexibility index (Phi) is 5.42. The van der Waals surface area contributed by atoms with Crippen LogP contribution in [0.1, 0.15) is 20.8 Å². The molecule has 0 unspecified atom stereocenters. The van der Waals surface area contributed by atoms with Gasteiger partial charge in [-0.15, -0.1) is 0 Å². The summed E-state index contributed by atoms with van der Waals surface area (Å²) in [7, 11) is 1.78. The number of aromatic nitrogens is 1. The predicted octanol–water partition coefficient (Wildman–Crippen LogP) is 1.76. The fourth-order valence-corrected chi connectivity index (χ4v) is 1.32. The summed E-state index contributed by atoms with van der Waals surface area (Å²) < 4.78 is 5.57. The topological polar surface area (TPSA) is 54.5 Å². The first kappa shape index (κ1) is 14.3. The largest absolute Gasteiger partial charge is 0.473 e. The van der Waals surface area contributed by atoms with Gasteiger partial charge in [0.05, 0.1) is 18.3 Å². The van der Waals surface area contributed by atoms with Crippen LogP contribution in [0, 0.1) is 0 Å². The van der Waals surface area contributed by atoms with Crippen LogP contribution in [0.25, 0.3) is 0 Å². The first-order valence-corrected chi connectivity index (χ1v) is 6.14. The van der Waals surface area contributed by atoms with E-state index in [1.165, 1.54) is 0 Å². The lowest BCUT2D eigenvalue weighted by Gasteiger charge is -2.17. The molecule has 1 rings (SSSR count). The second kappa shape index (κ2) is 6.83. The van der Waals surface area contributed by atoms with Crippen molar-refractivity contribution < 1.29 is 9.53 Å². The number of carbonyl (C=O) groups excluding carboxylic acids is 1. The average molecular weight is 251 g/mol. The van der Waals surface area contributed by atoms with Crippen molar-refractivity contribution in [2.24, 2.45) is 0 Å². The van der Waals surface area contributed by atoms with Crippen LogP contribution in [0.15, 0.2) is 18.3 Å². The summed E-state index contributed by atoms with van der Waals surface area (Å²) in [6, 6.07) is 3.66. The molecule has 0 aliphatic carbocycles. The predicted molar refractivity (Wildman–Crippen MR) is 71.8 cm³/mol. The Labute approximate surface area is 108 Å². The molecule has 0 saturated carbocycles. The van der Waals surface area contributed by atoms with E-state index in [0.717, 1.165) is 5.69 Å². The minimum atomic E-state index is 0.0388. The highest BCUT2D eigenvalue weighted by Gasteiger charge is 2.10. The molecule has 0 atom stereocenters. The van der Waals surface area contributed by atoms with Gasteiger partial charge in [-0.3, -0.25) is 4.79 Å². The molecule has 0 aromatic carbocycles. The summed E-state index contributed by atoms with van der Waals surface area (Å²) in [6.07, 6.45) is 1.72. The smallest absolute Gasteiger partial charge is 0.241 e. The third-order valence-electron chi connectivity index (χ3n) is 2.45. The molecule has 0 fully saturated rings. The molecule has 1 N–H and O–H groups in total. The van der Waals surface area contributed by atoms with Crippen molar-refractivity contribution in [2.75, 3.05) is 25.5 Å². The van der Waals surface area contributed by atoms with Crippen molar-refractivity contribution in [1.29, 1.82) is 0 Å². The molecule has 5 nitrogen and oxygen atoms in total. The Morgan fingerprint density at radius 3 is 2.89 bits per heavy atom. The van der Waals surface area contributed by atoms with Crippen LogP contribution in [-0.2, 0) is 4.79 Å². The maximum atomic E-state index is 11.7. The highest BCUT2D eigenvalue weighted by atomic mass is 16.5. The highest BCUT2D eigenvalue weighted by molar-refractivity contribution is 5.80. The molecule has 0 bridgehead atoms. The van der Waals surface area contributed by atoms with E-state index in [4.69, 9.17) is 4.74 Å². The van der Waals surface area contributed by atoms with E-state index in [2.05, 4.69) is 10.3 Å². The van der Waals surface area contributed by atoms with E-state index in [1.54, 1.807) is 18.1 Å². The van der Waals surface area contributed by atoms with Gasteiger partial charge < -0.3 is 15.0 Å². The maximum Gasteiger partial charge on any atom is 0.241 e. The molecule has 5 heteroatoms. The van der Waals surface area contributed by atoms with Crippen molar-refractivity contribution in [3.8, 4) is 5.88 Å². The Hall–Kier alpha value is -1.78. The van der Waals surface area contributed by atoms with Crippen LogP contribution >= 0.6 is 0 Å². The average Bonchev–Trinajstić information content (AvgIpc) is 2.35. The standard InChI is InChI=1S/C13H21N3O2/c1-5-16(4)12(17)9-15-11-7-6-8-14-13(11)18-10(2)3/h6-8,10,15H,5,9H2,1-4H3. The van der Waals surface area contributed by atoms with E-state index in [1.807, 2.05) is 32.9 Å². The van der Waals surface area contributed by atoms with Gasteiger partial charge in [0, 0.05) is 19.8 Å². The van der Waals surface area contributed by atoms with Crippen molar-refractivity contribution in [1.82, 2.24) is 9.88 Å². The Morgan fingerprint density at radius 1 is 1.56 bits per heavy atom. The van der Waals surface area contributed by atoms with Gasteiger partial charge in [0.15, 0.2) is 0 Å². The normalized spacial score (nSPS) is 10.3. The lowest BCUT2D eigenvalue weighted by atomic mass is 10.3. The van der Waals surface area contributed by atoms with Gasteiger partial charge in [-0.1, -0.05) is 0 Å². The fraction of sp³-hybridized carbons (Fsp3) is 0.538. The summed E-state index contributed by atoms with van der Waals surface area (Å²) in [5, 5.41) is 3.05. The van der Waals surface area contributed by atoms with Crippen LogP contribution in [-0.4, -0.2) is 42.0 Å². The van der Waals surface area contributed by atoms with Gasteiger partial charge in [-0.2, -0.15) is 0 Å². The molecule has 0 aliphatic heterocycles. The van der Waals surface area contributed by atoms with Crippen LogP contribution in [0.4, 0.5) is 5.69 Å². The highest BCUT2D eigenvalue weighted by Crippen LogP contribution is 2.21. The third kappa shape index (κ3) is 4.24. The van der Waals surface area contributed by atoms with E-state index >= 15 is 0 Å². The van der Waals surface area contributed by atoms with Gasteiger partial charge in [0.25, 0.3) is 0 Å². The van der Waals surface area contributed by atoms with Crippen LogP contribution in [0.3, 0.4) is 0 Å². The first-order valence-electron chi connectivity index (χ1n) is 6.14. The monoisotopic (exact) mass is 251 g/mol. The second-order valence-electron chi connectivity index (χ2n) is 4.28. The zero-order valence-corrected chi connectivity index (χ0v) is 11.4. The van der Waals surface area contributed by atoms with E-state index in [0.29, 0.717) is 12.4 Å². The first-order chi connectivity index (χ1) is 8.54. The van der Waals surface area contributed by atoms with Crippen molar-refractivity contribution in [2.45, 2.75) is 26.9 Å². The number of likely N-dealkylation sites (N-methyl/N-ethyl adjacent to an activating group) is 1. The molecule has 100 valence electrons. The lowest BCUT2D eigenvalue weighted by Crippen LogP contribution is -2.32. The zero-order valence-electron chi connectivity index (χ0n) is 11.4. The Balaban J connectivity index is 2.64. The molecule has 1 heterocycles. The van der Waals surface area contributed by atoms with Crippen molar-refractivity contribution in [3.05, 3.63) is 18.3 Å². The van der Waals surface area contributed by atoms with Crippen LogP contribution in [0.2, 0.25) is 0 Å². The number of hydrogen-bond acceptors (Lipinski definition) is 4. The molecule has 1 aromatic heterocycles. The summed E-state index contributed by atoms with van der Waals surface area (Å²) in [5.74, 6) is 0.566. The number of rotatable bonds is 6. The molecular weight excluding hydrogens is 230 g/mol. The van der Waals surface area contributed by atoms with E-state index in [-0.39, 0.29) is 18.6 Å². The van der Waals surface area contributed by atoms with Crippen LogP contribution in [0.5, 0.6) is 5.88 Å². The maximum absolute atomic E-state index is 11.7.